The van der Waals surface area contributed by atoms with Gasteiger partial charge in [0, 0.05) is 37.8 Å². The minimum Gasteiger partial charge on any atom is -0.490 e. The number of benzene rings is 2. The lowest BCUT2D eigenvalue weighted by atomic mass is 9.98. The Balaban J connectivity index is 1.84. The SMILES string of the molecule is CCCCOc1c(C(=O)OC)cc(C(=O)N2CCNCC2)c2cc(Cc3ccc(F)cc3)cnc12. The molecule has 0 spiro atoms. The summed E-state index contributed by atoms with van der Waals surface area (Å²) < 4.78 is 24.4. The number of rotatable bonds is 8. The molecule has 1 saturated heterocycles. The highest BCUT2D eigenvalue weighted by Crippen LogP contribution is 2.34. The van der Waals surface area contributed by atoms with Crippen LogP contribution in [0, 0.1) is 5.82 Å². The van der Waals surface area contributed by atoms with Gasteiger partial charge < -0.3 is 19.7 Å². The molecule has 1 aromatic heterocycles. The van der Waals surface area contributed by atoms with Crippen LogP contribution in [0.15, 0.2) is 42.6 Å². The van der Waals surface area contributed by atoms with Gasteiger partial charge in [0.05, 0.1) is 19.3 Å². The number of fused-ring (bicyclic) bond motifs is 1. The van der Waals surface area contributed by atoms with Crippen LogP contribution in [0.2, 0.25) is 0 Å². The van der Waals surface area contributed by atoms with Gasteiger partial charge in [-0.05, 0) is 48.2 Å². The standard InChI is InChI=1S/C27H30FN3O4/c1-3-4-13-35-25-23(27(33)34-2)16-22(26(32)31-11-9-29-10-12-31)21-15-19(17-30-24(21)25)14-18-5-7-20(28)8-6-18/h5-8,15-17,29H,3-4,9-14H2,1-2H3. The summed E-state index contributed by atoms with van der Waals surface area (Å²) >= 11 is 0. The normalized spacial score (nSPS) is 13.6. The molecule has 8 heteroatoms. The van der Waals surface area contributed by atoms with Gasteiger partial charge in [0.25, 0.3) is 5.91 Å². The molecule has 0 radical (unpaired) electrons. The van der Waals surface area contributed by atoms with E-state index in [9.17, 15) is 14.0 Å². The largest absolute Gasteiger partial charge is 0.490 e. The maximum Gasteiger partial charge on any atom is 0.341 e. The summed E-state index contributed by atoms with van der Waals surface area (Å²) in [6.07, 6.45) is 3.97. The Morgan fingerprint density at radius 2 is 1.83 bits per heavy atom. The van der Waals surface area contributed by atoms with Crippen LogP contribution in [0.1, 0.15) is 51.6 Å². The van der Waals surface area contributed by atoms with E-state index in [4.69, 9.17) is 9.47 Å². The predicted octanol–water partition coefficient (Wildman–Crippen LogP) is 3.98. The van der Waals surface area contributed by atoms with E-state index in [0.717, 1.165) is 24.0 Å². The Kier molecular flexibility index (Phi) is 7.92. The smallest absolute Gasteiger partial charge is 0.341 e. The van der Waals surface area contributed by atoms with E-state index in [1.54, 1.807) is 29.3 Å². The first kappa shape index (κ1) is 24.6. The second-order valence-electron chi connectivity index (χ2n) is 8.58. The summed E-state index contributed by atoms with van der Waals surface area (Å²) in [7, 11) is 1.30. The van der Waals surface area contributed by atoms with E-state index in [0.29, 0.717) is 61.4 Å². The molecule has 7 nitrogen and oxygen atoms in total. The van der Waals surface area contributed by atoms with Gasteiger partial charge in [0.2, 0.25) is 0 Å². The number of nitrogens with zero attached hydrogens (tertiary/aromatic N) is 2. The van der Waals surface area contributed by atoms with E-state index >= 15 is 0 Å². The number of ether oxygens (including phenoxy) is 2. The second-order valence-corrected chi connectivity index (χ2v) is 8.58. The molecule has 1 amide bonds. The zero-order valence-corrected chi connectivity index (χ0v) is 20.1. The van der Waals surface area contributed by atoms with Crippen molar-refractivity contribution in [3.63, 3.8) is 0 Å². The molecule has 1 aliphatic rings. The molecule has 4 rings (SSSR count). The number of hydrogen-bond donors (Lipinski definition) is 1. The molecule has 0 atom stereocenters. The molecule has 1 fully saturated rings. The zero-order valence-electron chi connectivity index (χ0n) is 20.1. The number of carbonyl (C=O) groups excluding carboxylic acids is 2. The predicted molar refractivity (Wildman–Crippen MR) is 131 cm³/mol. The number of amides is 1. The van der Waals surface area contributed by atoms with Crippen molar-refractivity contribution >= 4 is 22.8 Å². The van der Waals surface area contributed by atoms with Crippen molar-refractivity contribution in [2.45, 2.75) is 26.2 Å². The van der Waals surface area contributed by atoms with E-state index in [-0.39, 0.29) is 17.3 Å². The van der Waals surface area contributed by atoms with Crippen molar-refractivity contribution in [2.24, 2.45) is 0 Å². The van der Waals surface area contributed by atoms with Gasteiger partial charge in [-0.25, -0.2) is 9.18 Å². The average Bonchev–Trinajstić information content (AvgIpc) is 2.89. The minimum atomic E-state index is -0.579. The topological polar surface area (TPSA) is 80.8 Å². The minimum absolute atomic E-state index is 0.164. The highest BCUT2D eigenvalue weighted by atomic mass is 19.1. The van der Waals surface area contributed by atoms with Crippen LogP contribution in [0.4, 0.5) is 4.39 Å². The number of hydrogen-bond acceptors (Lipinski definition) is 6. The maximum atomic E-state index is 13.6. The number of piperazine rings is 1. The first-order chi connectivity index (χ1) is 17.0. The maximum absolute atomic E-state index is 13.6. The number of aromatic nitrogens is 1. The summed E-state index contributed by atoms with van der Waals surface area (Å²) in [6.45, 7) is 5.04. The van der Waals surface area contributed by atoms with Crippen LogP contribution < -0.4 is 10.1 Å². The molecule has 35 heavy (non-hydrogen) atoms. The summed E-state index contributed by atoms with van der Waals surface area (Å²) in [6, 6.07) is 9.78. The van der Waals surface area contributed by atoms with Crippen molar-refractivity contribution in [2.75, 3.05) is 39.9 Å². The van der Waals surface area contributed by atoms with Crippen LogP contribution in [0.3, 0.4) is 0 Å². The lowest BCUT2D eigenvalue weighted by Gasteiger charge is -2.28. The molecule has 0 bridgehead atoms. The summed E-state index contributed by atoms with van der Waals surface area (Å²) in [5.41, 5.74) is 2.81. The number of unbranched alkanes of at least 4 members (excludes halogenated alkanes) is 1. The quantitative estimate of drug-likeness (QED) is 0.389. The number of esters is 1. The molecule has 0 unspecified atom stereocenters. The lowest BCUT2D eigenvalue weighted by molar-refractivity contribution is 0.0596. The van der Waals surface area contributed by atoms with Crippen LogP contribution in [-0.2, 0) is 11.2 Å². The first-order valence-electron chi connectivity index (χ1n) is 11.9. The fourth-order valence-corrected chi connectivity index (χ4v) is 4.19. The molecule has 1 aliphatic heterocycles. The number of pyridine rings is 1. The molecule has 2 heterocycles. The molecule has 1 N–H and O–H groups in total. The highest BCUT2D eigenvalue weighted by Gasteiger charge is 2.27. The Labute approximate surface area is 204 Å². The molecule has 3 aromatic rings. The Hall–Kier alpha value is -3.52. The van der Waals surface area contributed by atoms with Gasteiger partial charge in [0.1, 0.15) is 16.9 Å². The van der Waals surface area contributed by atoms with Gasteiger partial charge in [-0.3, -0.25) is 9.78 Å². The van der Waals surface area contributed by atoms with Gasteiger partial charge in [0.15, 0.2) is 5.75 Å². The summed E-state index contributed by atoms with van der Waals surface area (Å²) in [4.78, 5) is 32.7. The van der Waals surface area contributed by atoms with Crippen molar-refractivity contribution < 1.29 is 23.5 Å². The fourth-order valence-electron chi connectivity index (χ4n) is 4.19. The summed E-state index contributed by atoms with van der Waals surface area (Å²) in [5.74, 6) is -0.712. The van der Waals surface area contributed by atoms with Crippen molar-refractivity contribution in [3.05, 3.63) is 70.7 Å². The van der Waals surface area contributed by atoms with Gasteiger partial charge >= 0.3 is 5.97 Å². The van der Waals surface area contributed by atoms with Crippen LogP contribution >= 0.6 is 0 Å². The fraction of sp³-hybridized carbons (Fsp3) is 0.370. The molecule has 0 aliphatic carbocycles. The Bertz CT molecular complexity index is 1210. The molecule has 0 saturated carbocycles. The zero-order chi connectivity index (χ0) is 24.8. The van der Waals surface area contributed by atoms with Gasteiger partial charge in [-0.2, -0.15) is 0 Å². The number of methoxy groups -OCH3 is 1. The van der Waals surface area contributed by atoms with E-state index in [1.165, 1.54) is 19.2 Å². The van der Waals surface area contributed by atoms with E-state index < -0.39 is 5.97 Å². The monoisotopic (exact) mass is 479 g/mol. The Morgan fingerprint density at radius 1 is 1.09 bits per heavy atom. The molecular formula is C27H30FN3O4. The third kappa shape index (κ3) is 5.59. The number of carbonyl (C=O) groups is 2. The van der Waals surface area contributed by atoms with Crippen molar-refractivity contribution in [3.8, 4) is 5.75 Å². The molecule has 184 valence electrons. The third-order valence-corrected chi connectivity index (χ3v) is 6.09. The molecule has 2 aromatic carbocycles. The Morgan fingerprint density at radius 3 is 2.51 bits per heavy atom. The second kappa shape index (κ2) is 11.3. The first-order valence-corrected chi connectivity index (χ1v) is 11.9. The number of nitrogens with one attached hydrogen (secondary N) is 1. The van der Waals surface area contributed by atoms with Crippen molar-refractivity contribution in [1.29, 1.82) is 0 Å². The van der Waals surface area contributed by atoms with E-state index in [2.05, 4.69) is 17.2 Å². The van der Waals surface area contributed by atoms with Crippen LogP contribution in [0.25, 0.3) is 10.9 Å². The summed E-state index contributed by atoms with van der Waals surface area (Å²) in [5, 5.41) is 3.87. The lowest BCUT2D eigenvalue weighted by Crippen LogP contribution is -2.46. The van der Waals surface area contributed by atoms with Crippen molar-refractivity contribution in [1.82, 2.24) is 15.2 Å². The highest BCUT2D eigenvalue weighted by molar-refractivity contribution is 6.11. The average molecular weight is 480 g/mol. The van der Waals surface area contributed by atoms with E-state index in [1.807, 2.05) is 6.07 Å². The van der Waals surface area contributed by atoms with Gasteiger partial charge in [-0.1, -0.05) is 25.5 Å². The number of halogens is 1. The van der Waals surface area contributed by atoms with Crippen LogP contribution in [-0.4, -0.2) is 61.7 Å². The van der Waals surface area contributed by atoms with Gasteiger partial charge in [-0.15, -0.1) is 0 Å². The molecular weight excluding hydrogens is 449 g/mol. The third-order valence-electron chi connectivity index (χ3n) is 6.09. The van der Waals surface area contributed by atoms with Crippen LogP contribution in [0.5, 0.6) is 5.75 Å².